The number of nitro groups is 1. The van der Waals surface area contributed by atoms with Crippen molar-refractivity contribution in [3.63, 3.8) is 0 Å². The molecule has 15 heavy (non-hydrogen) atoms. The zero-order valence-corrected chi connectivity index (χ0v) is 9.24. The van der Waals surface area contributed by atoms with Crippen LogP contribution in [0.2, 0.25) is 0 Å². The summed E-state index contributed by atoms with van der Waals surface area (Å²) in [5.41, 5.74) is 5.36. The van der Waals surface area contributed by atoms with Gasteiger partial charge in [0.2, 0.25) is 0 Å². The van der Waals surface area contributed by atoms with Crippen molar-refractivity contribution in [3.05, 3.63) is 10.1 Å². The van der Waals surface area contributed by atoms with Crippen molar-refractivity contribution in [2.75, 3.05) is 26.7 Å². The number of nitrogens with one attached hydrogen (secondary N) is 1. The molecule has 0 radical (unpaired) electrons. The van der Waals surface area contributed by atoms with E-state index >= 15 is 0 Å². The maximum atomic E-state index is 10.2. The highest BCUT2D eigenvalue weighted by atomic mass is 16.6. The molecule has 0 aromatic rings. The molecule has 0 atom stereocenters. The van der Waals surface area contributed by atoms with E-state index in [9.17, 15) is 10.1 Å². The highest BCUT2D eigenvalue weighted by molar-refractivity contribution is 5.82. The number of amidine groups is 1. The van der Waals surface area contributed by atoms with Crippen molar-refractivity contribution in [2.24, 2.45) is 10.7 Å². The molecule has 0 aliphatic rings. The monoisotopic (exact) mass is 216 g/mol. The first-order valence-electron chi connectivity index (χ1n) is 5.22. The molecule has 0 bridgehead atoms. The second-order valence-electron chi connectivity index (χ2n) is 3.29. The fourth-order valence-electron chi connectivity index (χ4n) is 1.18. The van der Waals surface area contributed by atoms with Gasteiger partial charge in [0.15, 0.2) is 5.84 Å². The number of aliphatic imine (C=N–C) groups is 1. The second-order valence-corrected chi connectivity index (χ2v) is 3.29. The average molecular weight is 216 g/mol. The van der Waals surface area contributed by atoms with Crippen molar-refractivity contribution in [2.45, 2.75) is 25.7 Å². The van der Waals surface area contributed by atoms with Crippen LogP contribution in [0.4, 0.5) is 0 Å². The lowest BCUT2D eigenvalue weighted by atomic mass is 10.2. The SMILES string of the molecule is CN=C(C[N+](=O)[O-])NCCCCCCN. The smallest absolute Gasteiger partial charge is 0.259 e. The maximum Gasteiger partial charge on any atom is 0.259 e. The van der Waals surface area contributed by atoms with E-state index in [0.29, 0.717) is 5.84 Å². The van der Waals surface area contributed by atoms with E-state index < -0.39 is 0 Å². The van der Waals surface area contributed by atoms with Crippen LogP contribution < -0.4 is 11.1 Å². The number of nitrogens with two attached hydrogens (primary N) is 1. The van der Waals surface area contributed by atoms with Gasteiger partial charge in [-0.3, -0.25) is 15.1 Å². The Morgan fingerprint density at radius 2 is 2.07 bits per heavy atom. The van der Waals surface area contributed by atoms with Gasteiger partial charge in [0, 0.05) is 18.5 Å². The molecule has 0 rings (SSSR count). The van der Waals surface area contributed by atoms with Gasteiger partial charge in [0.25, 0.3) is 6.54 Å². The van der Waals surface area contributed by atoms with Gasteiger partial charge in [-0.1, -0.05) is 12.8 Å². The Morgan fingerprint density at radius 1 is 1.40 bits per heavy atom. The van der Waals surface area contributed by atoms with Gasteiger partial charge in [-0.2, -0.15) is 0 Å². The van der Waals surface area contributed by atoms with Crippen LogP contribution in [0.3, 0.4) is 0 Å². The molecule has 6 heteroatoms. The topological polar surface area (TPSA) is 93.5 Å². The summed E-state index contributed by atoms with van der Waals surface area (Å²) in [4.78, 5) is 13.6. The van der Waals surface area contributed by atoms with E-state index in [1.165, 1.54) is 0 Å². The van der Waals surface area contributed by atoms with E-state index in [1.54, 1.807) is 7.05 Å². The molecule has 0 fully saturated rings. The zero-order chi connectivity index (χ0) is 11.5. The quantitative estimate of drug-likeness (QED) is 0.202. The normalized spacial score (nSPS) is 11.5. The summed E-state index contributed by atoms with van der Waals surface area (Å²) in [5, 5.41) is 13.2. The summed E-state index contributed by atoms with van der Waals surface area (Å²) in [7, 11) is 1.56. The Bertz CT molecular complexity index is 206. The molecule has 0 amide bonds. The minimum absolute atomic E-state index is 0.223. The third-order valence-electron chi connectivity index (χ3n) is 2.01. The predicted molar refractivity (Wildman–Crippen MR) is 60.7 cm³/mol. The van der Waals surface area contributed by atoms with E-state index in [-0.39, 0.29) is 11.5 Å². The van der Waals surface area contributed by atoms with E-state index in [2.05, 4.69) is 10.3 Å². The molecule has 0 aromatic heterocycles. The predicted octanol–water partition coefficient (Wildman–Crippen LogP) is 0.400. The second kappa shape index (κ2) is 9.39. The first-order valence-corrected chi connectivity index (χ1v) is 5.22. The Labute approximate surface area is 90.1 Å². The van der Waals surface area contributed by atoms with Gasteiger partial charge < -0.3 is 11.1 Å². The Hall–Kier alpha value is -1.17. The fourth-order valence-corrected chi connectivity index (χ4v) is 1.18. The summed E-state index contributed by atoms with van der Waals surface area (Å²) in [5.74, 6) is 0.443. The summed E-state index contributed by atoms with van der Waals surface area (Å²) < 4.78 is 0. The number of nitrogens with zero attached hydrogens (tertiary/aromatic N) is 2. The van der Waals surface area contributed by atoms with Gasteiger partial charge in [-0.05, 0) is 19.4 Å². The number of unbranched alkanes of at least 4 members (excludes halogenated alkanes) is 3. The summed E-state index contributed by atoms with van der Waals surface area (Å²) in [6.07, 6.45) is 4.26. The van der Waals surface area contributed by atoms with Gasteiger partial charge in [0.1, 0.15) is 0 Å². The first kappa shape index (κ1) is 13.8. The first-order chi connectivity index (χ1) is 7.20. The summed E-state index contributed by atoms with van der Waals surface area (Å²) in [6, 6.07) is 0. The molecule has 0 saturated carbocycles. The van der Waals surface area contributed by atoms with E-state index in [1.807, 2.05) is 0 Å². The molecule has 0 aromatic carbocycles. The molecule has 0 unspecified atom stereocenters. The lowest BCUT2D eigenvalue weighted by Crippen LogP contribution is -2.30. The molecule has 88 valence electrons. The van der Waals surface area contributed by atoms with Crippen molar-refractivity contribution in [3.8, 4) is 0 Å². The lowest BCUT2D eigenvalue weighted by molar-refractivity contribution is -0.463. The van der Waals surface area contributed by atoms with Crippen LogP contribution in [0.15, 0.2) is 4.99 Å². The third kappa shape index (κ3) is 9.14. The molecule has 0 spiro atoms. The van der Waals surface area contributed by atoms with Crippen LogP contribution in [0, 0.1) is 10.1 Å². The molecule has 0 saturated heterocycles. The maximum absolute atomic E-state index is 10.2. The van der Waals surface area contributed by atoms with Crippen LogP contribution in [0.5, 0.6) is 0 Å². The average Bonchev–Trinajstić information content (AvgIpc) is 2.20. The van der Waals surface area contributed by atoms with Gasteiger partial charge in [-0.15, -0.1) is 0 Å². The van der Waals surface area contributed by atoms with Gasteiger partial charge in [0.05, 0.1) is 0 Å². The Balaban J connectivity index is 3.43. The molecule has 6 nitrogen and oxygen atoms in total. The van der Waals surface area contributed by atoms with Crippen LogP contribution in [0.1, 0.15) is 25.7 Å². The standard InChI is InChI=1S/C9H20N4O2/c1-11-9(8-13(14)15)12-7-5-3-2-4-6-10/h2-8,10H2,1H3,(H,11,12). The molecular formula is C9H20N4O2. The highest BCUT2D eigenvalue weighted by Crippen LogP contribution is 1.96. The van der Waals surface area contributed by atoms with Crippen molar-refractivity contribution >= 4 is 5.84 Å². The highest BCUT2D eigenvalue weighted by Gasteiger charge is 2.04. The van der Waals surface area contributed by atoms with E-state index in [0.717, 1.165) is 38.8 Å². The molecule has 3 N–H and O–H groups in total. The van der Waals surface area contributed by atoms with Crippen molar-refractivity contribution in [1.29, 1.82) is 0 Å². The minimum Gasteiger partial charge on any atom is -0.368 e. The molecular weight excluding hydrogens is 196 g/mol. The van der Waals surface area contributed by atoms with Gasteiger partial charge in [-0.25, -0.2) is 0 Å². The van der Waals surface area contributed by atoms with Crippen molar-refractivity contribution < 1.29 is 4.92 Å². The minimum atomic E-state index is -0.385. The fraction of sp³-hybridized carbons (Fsp3) is 0.889. The van der Waals surface area contributed by atoms with E-state index in [4.69, 9.17) is 5.73 Å². The van der Waals surface area contributed by atoms with Crippen LogP contribution in [-0.2, 0) is 0 Å². The number of rotatable bonds is 8. The molecule has 0 heterocycles. The zero-order valence-electron chi connectivity index (χ0n) is 9.24. The lowest BCUT2D eigenvalue weighted by Gasteiger charge is -2.05. The largest absolute Gasteiger partial charge is 0.368 e. The van der Waals surface area contributed by atoms with Gasteiger partial charge >= 0.3 is 0 Å². The van der Waals surface area contributed by atoms with Crippen molar-refractivity contribution in [1.82, 2.24) is 5.32 Å². The number of hydrogen-bond acceptors (Lipinski definition) is 4. The molecule has 0 aliphatic heterocycles. The summed E-state index contributed by atoms with van der Waals surface area (Å²) in [6.45, 7) is 1.25. The Kier molecular flexibility index (Phi) is 8.66. The number of hydrogen-bond donors (Lipinski definition) is 2. The van der Waals surface area contributed by atoms with Crippen LogP contribution >= 0.6 is 0 Å². The van der Waals surface area contributed by atoms with Crippen LogP contribution in [0.25, 0.3) is 0 Å². The van der Waals surface area contributed by atoms with Crippen LogP contribution in [-0.4, -0.2) is 37.4 Å². The third-order valence-corrected chi connectivity index (χ3v) is 2.01. The molecule has 0 aliphatic carbocycles. The Morgan fingerprint density at radius 3 is 2.60 bits per heavy atom. The summed E-state index contributed by atoms with van der Waals surface area (Å²) >= 11 is 0.